The van der Waals surface area contributed by atoms with Gasteiger partial charge in [0.05, 0.1) is 11.3 Å². The second kappa shape index (κ2) is 8.66. The minimum absolute atomic E-state index is 0.101. The number of ether oxygens (including phenoxy) is 1. The Balaban J connectivity index is 1.42. The second-order valence-electron chi connectivity index (χ2n) is 7.21. The number of thiazole rings is 1. The van der Waals surface area contributed by atoms with E-state index in [1.807, 2.05) is 24.4 Å². The van der Waals surface area contributed by atoms with Crippen molar-refractivity contribution in [3.63, 3.8) is 0 Å². The van der Waals surface area contributed by atoms with Crippen molar-refractivity contribution in [3.8, 4) is 11.5 Å². The van der Waals surface area contributed by atoms with E-state index < -0.39 is 11.7 Å². The van der Waals surface area contributed by atoms with Crippen LogP contribution in [-0.2, 0) is 19.1 Å². The first-order valence-electron chi connectivity index (χ1n) is 9.94. The molecule has 1 amide bonds. The van der Waals surface area contributed by atoms with Gasteiger partial charge in [0.1, 0.15) is 17.2 Å². The van der Waals surface area contributed by atoms with Crippen LogP contribution < -0.4 is 10.1 Å². The van der Waals surface area contributed by atoms with Gasteiger partial charge in [-0.25, -0.2) is 4.98 Å². The fraction of sp³-hybridized carbons (Fsp3) is 0.217. The zero-order chi connectivity index (χ0) is 22.9. The lowest BCUT2D eigenvalue weighted by Crippen LogP contribution is -2.25. The van der Waals surface area contributed by atoms with E-state index in [-0.39, 0.29) is 11.7 Å². The van der Waals surface area contributed by atoms with E-state index in [1.165, 1.54) is 23.5 Å². The van der Waals surface area contributed by atoms with Crippen LogP contribution in [0.2, 0.25) is 0 Å². The number of imidazole rings is 1. The van der Waals surface area contributed by atoms with Crippen LogP contribution in [-0.4, -0.2) is 15.3 Å². The molecule has 2 heterocycles. The Morgan fingerprint density at radius 2 is 1.91 bits per heavy atom. The highest BCUT2D eigenvalue weighted by Gasteiger charge is 2.30. The largest absolute Gasteiger partial charge is 0.457 e. The Kier molecular flexibility index (Phi) is 5.92. The maximum absolute atomic E-state index is 12.9. The molecule has 2 aromatic carbocycles. The average molecular weight is 459 g/mol. The number of aromatic nitrogens is 2. The Bertz CT molecular complexity index is 1260. The first-order valence-corrected chi connectivity index (χ1v) is 10.8. The molecule has 4 aromatic rings. The molecule has 0 saturated carbocycles. The number of aryl methyl sites for hydroxylation is 2. The molecule has 0 unspecified atom stereocenters. The molecule has 32 heavy (non-hydrogen) atoms. The van der Waals surface area contributed by atoms with Gasteiger partial charge in [0.25, 0.3) is 5.91 Å². The summed E-state index contributed by atoms with van der Waals surface area (Å²) >= 11 is 1.53. The summed E-state index contributed by atoms with van der Waals surface area (Å²) in [5.41, 5.74) is 1.35. The first-order chi connectivity index (χ1) is 15.2. The van der Waals surface area contributed by atoms with E-state index in [0.717, 1.165) is 33.2 Å². The van der Waals surface area contributed by atoms with Gasteiger partial charge in [0.2, 0.25) is 0 Å². The van der Waals surface area contributed by atoms with Gasteiger partial charge in [0, 0.05) is 17.6 Å². The van der Waals surface area contributed by atoms with Crippen LogP contribution in [0.1, 0.15) is 39.1 Å². The molecule has 0 bridgehead atoms. The summed E-state index contributed by atoms with van der Waals surface area (Å²) in [5.74, 6) is 0.291. The van der Waals surface area contributed by atoms with Crippen molar-refractivity contribution in [2.24, 2.45) is 0 Å². The summed E-state index contributed by atoms with van der Waals surface area (Å²) in [6, 6.07) is 11.5. The number of fused-ring (bicyclic) bond motifs is 1. The lowest BCUT2D eigenvalue weighted by atomic mass is 10.2. The summed E-state index contributed by atoms with van der Waals surface area (Å²) in [4.78, 5) is 19.2. The predicted molar refractivity (Wildman–Crippen MR) is 116 cm³/mol. The van der Waals surface area contributed by atoms with Crippen molar-refractivity contribution in [3.05, 3.63) is 82.1 Å². The maximum Gasteiger partial charge on any atom is 0.416 e. The monoisotopic (exact) mass is 459 g/mol. The standard InChI is InChI=1S/C23H20F3N3O2S/c1-3-19-20(29-13-14(2)32-22(29)28-19)21(30)27-12-15-7-9-17(10-8-15)31-18-6-4-5-16(11-18)23(24,25)26/h4-11,13H,3,12H2,1-2H3,(H,27,30). The molecule has 0 saturated heterocycles. The lowest BCUT2D eigenvalue weighted by molar-refractivity contribution is -0.137. The molecular weight excluding hydrogens is 439 g/mol. The van der Waals surface area contributed by atoms with E-state index in [2.05, 4.69) is 10.3 Å². The smallest absolute Gasteiger partial charge is 0.416 e. The number of rotatable bonds is 6. The summed E-state index contributed by atoms with van der Waals surface area (Å²) in [6.07, 6.45) is -1.87. The van der Waals surface area contributed by atoms with Gasteiger partial charge in [-0.05, 0) is 49.2 Å². The molecule has 4 rings (SSSR count). The molecular formula is C23H20F3N3O2S. The number of halogens is 3. The van der Waals surface area contributed by atoms with Crippen molar-refractivity contribution in [2.45, 2.75) is 33.0 Å². The molecule has 0 aliphatic heterocycles. The number of amides is 1. The molecule has 1 N–H and O–H groups in total. The van der Waals surface area contributed by atoms with Gasteiger partial charge in [-0.1, -0.05) is 25.1 Å². The van der Waals surface area contributed by atoms with Gasteiger partial charge in [-0.2, -0.15) is 13.2 Å². The van der Waals surface area contributed by atoms with Gasteiger partial charge >= 0.3 is 6.18 Å². The quantitative estimate of drug-likeness (QED) is 0.384. The first kappa shape index (κ1) is 21.9. The Morgan fingerprint density at radius 3 is 2.59 bits per heavy atom. The molecule has 0 fully saturated rings. The minimum Gasteiger partial charge on any atom is -0.457 e. The number of hydrogen-bond acceptors (Lipinski definition) is 4. The van der Waals surface area contributed by atoms with Gasteiger partial charge in [-0.15, -0.1) is 11.3 Å². The summed E-state index contributed by atoms with van der Waals surface area (Å²) < 4.78 is 45.9. The van der Waals surface area contributed by atoms with Crippen LogP contribution in [0.15, 0.2) is 54.7 Å². The molecule has 166 valence electrons. The Morgan fingerprint density at radius 1 is 1.16 bits per heavy atom. The van der Waals surface area contributed by atoms with E-state index >= 15 is 0 Å². The van der Waals surface area contributed by atoms with Crippen LogP contribution in [0, 0.1) is 6.92 Å². The Hall–Kier alpha value is -3.33. The third kappa shape index (κ3) is 4.62. The summed E-state index contributed by atoms with van der Waals surface area (Å²) in [7, 11) is 0. The molecule has 0 aliphatic carbocycles. The van der Waals surface area contributed by atoms with Crippen LogP contribution in [0.5, 0.6) is 11.5 Å². The van der Waals surface area contributed by atoms with Crippen molar-refractivity contribution < 1.29 is 22.7 Å². The lowest BCUT2D eigenvalue weighted by Gasteiger charge is -2.11. The van der Waals surface area contributed by atoms with Crippen molar-refractivity contribution >= 4 is 22.2 Å². The van der Waals surface area contributed by atoms with E-state index in [1.54, 1.807) is 24.3 Å². The van der Waals surface area contributed by atoms with E-state index in [9.17, 15) is 18.0 Å². The molecule has 0 aliphatic rings. The number of carbonyl (C=O) groups is 1. The van der Waals surface area contributed by atoms with E-state index in [4.69, 9.17) is 4.74 Å². The highest BCUT2D eigenvalue weighted by atomic mass is 32.1. The molecule has 2 aromatic heterocycles. The predicted octanol–water partition coefficient (Wildman–Crippen LogP) is 6.01. The number of nitrogens with zero attached hydrogens (tertiary/aromatic N) is 2. The Labute approximate surface area is 186 Å². The number of alkyl halides is 3. The number of hydrogen-bond donors (Lipinski definition) is 1. The fourth-order valence-corrected chi connectivity index (χ4v) is 4.15. The third-order valence-electron chi connectivity index (χ3n) is 4.84. The topological polar surface area (TPSA) is 55.6 Å². The van der Waals surface area contributed by atoms with Gasteiger partial charge in [-0.3, -0.25) is 9.20 Å². The molecule has 0 radical (unpaired) electrons. The van der Waals surface area contributed by atoms with Gasteiger partial charge < -0.3 is 10.1 Å². The minimum atomic E-state index is -4.43. The third-order valence-corrected chi connectivity index (χ3v) is 5.74. The molecule has 0 atom stereocenters. The van der Waals surface area contributed by atoms with E-state index in [0.29, 0.717) is 24.4 Å². The highest BCUT2D eigenvalue weighted by Crippen LogP contribution is 2.32. The fourth-order valence-electron chi connectivity index (χ4n) is 3.30. The molecule has 0 spiro atoms. The SMILES string of the molecule is CCc1nc2sc(C)cn2c1C(=O)NCc1ccc(Oc2cccc(C(F)(F)F)c2)cc1. The molecule has 5 nitrogen and oxygen atoms in total. The molecule has 9 heteroatoms. The van der Waals surface area contributed by atoms with Crippen LogP contribution in [0.25, 0.3) is 4.96 Å². The van der Waals surface area contributed by atoms with Gasteiger partial charge in [0.15, 0.2) is 4.96 Å². The number of nitrogens with one attached hydrogen (secondary N) is 1. The maximum atomic E-state index is 12.9. The van der Waals surface area contributed by atoms with Crippen LogP contribution in [0.4, 0.5) is 13.2 Å². The van der Waals surface area contributed by atoms with Crippen molar-refractivity contribution in [2.75, 3.05) is 0 Å². The summed E-state index contributed by atoms with van der Waals surface area (Å²) in [5, 5.41) is 2.91. The zero-order valence-corrected chi connectivity index (χ0v) is 18.2. The summed E-state index contributed by atoms with van der Waals surface area (Å²) in [6.45, 7) is 4.22. The van der Waals surface area contributed by atoms with Crippen LogP contribution in [0.3, 0.4) is 0 Å². The van der Waals surface area contributed by atoms with Crippen molar-refractivity contribution in [1.82, 2.24) is 14.7 Å². The normalized spacial score (nSPS) is 11.7. The second-order valence-corrected chi connectivity index (χ2v) is 8.42. The highest BCUT2D eigenvalue weighted by molar-refractivity contribution is 7.17. The van der Waals surface area contributed by atoms with Crippen LogP contribution >= 0.6 is 11.3 Å². The number of carbonyl (C=O) groups excluding carboxylic acids is 1. The van der Waals surface area contributed by atoms with Crippen molar-refractivity contribution in [1.29, 1.82) is 0 Å². The number of benzene rings is 2. The zero-order valence-electron chi connectivity index (χ0n) is 17.4. The average Bonchev–Trinajstić information content (AvgIpc) is 3.28.